The van der Waals surface area contributed by atoms with Crippen molar-refractivity contribution in [1.29, 1.82) is 0 Å². The van der Waals surface area contributed by atoms with E-state index in [0.717, 1.165) is 15.4 Å². The molecule has 0 aliphatic carbocycles. The minimum absolute atomic E-state index is 0.646. The molecule has 0 spiro atoms. The molecule has 1 aromatic carbocycles. The monoisotopic (exact) mass is 275 g/mol. The first-order valence-electron chi connectivity index (χ1n) is 3.58. The van der Waals surface area contributed by atoms with Crippen molar-refractivity contribution >= 4 is 50.0 Å². The smallest absolute Gasteiger partial charge is 0.0718 e. The lowest BCUT2D eigenvalue weighted by atomic mass is 10.2. The van der Waals surface area contributed by atoms with Crippen LogP contribution in [-0.4, -0.2) is 4.98 Å². The highest BCUT2D eigenvalue weighted by atomic mass is 79.9. The minimum Gasteiger partial charge on any atom is -0.255 e. The fourth-order valence-electron chi connectivity index (χ4n) is 1.11. The summed E-state index contributed by atoms with van der Waals surface area (Å²) in [4.78, 5) is 4.19. The number of hydrogen-bond acceptors (Lipinski definition) is 1. The van der Waals surface area contributed by atoms with Gasteiger partial charge in [0.2, 0.25) is 0 Å². The quantitative estimate of drug-likeness (QED) is 0.699. The van der Waals surface area contributed by atoms with E-state index in [4.69, 9.17) is 23.2 Å². The first-order valence-corrected chi connectivity index (χ1v) is 5.12. The SMILES string of the molecule is Clc1ccc2ncc(Br)c(Cl)c2c1. The van der Waals surface area contributed by atoms with Crippen molar-refractivity contribution in [3.63, 3.8) is 0 Å². The summed E-state index contributed by atoms with van der Waals surface area (Å²) in [7, 11) is 0. The lowest BCUT2D eigenvalue weighted by Gasteiger charge is -2.01. The van der Waals surface area contributed by atoms with Crippen LogP contribution in [0.5, 0.6) is 0 Å². The normalized spacial score (nSPS) is 10.7. The fourth-order valence-corrected chi connectivity index (χ4v) is 1.80. The standard InChI is InChI=1S/C9H4BrCl2N/c10-7-4-13-8-2-1-5(11)3-6(8)9(7)12/h1-4H. The van der Waals surface area contributed by atoms with Crippen molar-refractivity contribution in [2.24, 2.45) is 0 Å². The molecule has 0 atom stereocenters. The molecule has 0 N–H and O–H groups in total. The first kappa shape index (κ1) is 9.25. The molecular formula is C9H4BrCl2N. The predicted octanol–water partition coefficient (Wildman–Crippen LogP) is 4.30. The molecule has 1 aromatic heterocycles. The van der Waals surface area contributed by atoms with Gasteiger partial charge in [0.25, 0.3) is 0 Å². The minimum atomic E-state index is 0.646. The van der Waals surface area contributed by atoms with Gasteiger partial charge >= 0.3 is 0 Å². The maximum Gasteiger partial charge on any atom is 0.0718 e. The third-order valence-electron chi connectivity index (χ3n) is 1.72. The zero-order valence-electron chi connectivity index (χ0n) is 6.39. The van der Waals surface area contributed by atoms with Gasteiger partial charge in [0.05, 0.1) is 15.0 Å². The number of rotatable bonds is 0. The summed E-state index contributed by atoms with van der Waals surface area (Å²) >= 11 is 15.2. The van der Waals surface area contributed by atoms with E-state index < -0.39 is 0 Å². The molecule has 2 aromatic rings. The number of aromatic nitrogens is 1. The van der Waals surface area contributed by atoms with E-state index in [2.05, 4.69) is 20.9 Å². The molecule has 2 rings (SSSR count). The van der Waals surface area contributed by atoms with Crippen LogP contribution in [0.1, 0.15) is 0 Å². The molecule has 0 unspecified atom stereocenters. The second-order valence-electron chi connectivity index (χ2n) is 2.58. The average molecular weight is 277 g/mol. The van der Waals surface area contributed by atoms with Gasteiger partial charge in [0.15, 0.2) is 0 Å². The van der Waals surface area contributed by atoms with E-state index in [9.17, 15) is 0 Å². The zero-order chi connectivity index (χ0) is 9.42. The van der Waals surface area contributed by atoms with Gasteiger partial charge in [0, 0.05) is 16.6 Å². The van der Waals surface area contributed by atoms with Gasteiger partial charge in [-0.15, -0.1) is 0 Å². The average Bonchev–Trinajstić information content (AvgIpc) is 2.12. The van der Waals surface area contributed by atoms with E-state index in [1.54, 1.807) is 18.3 Å². The number of nitrogens with zero attached hydrogens (tertiary/aromatic N) is 1. The third-order valence-corrected chi connectivity index (χ3v) is 3.19. The van der Waals surface area contributed by atoms with Crippen LogP contribution in [0.15, 0.2) is 28.9 Å². The maximum absolute atomic E-state index is 6.05. The molecule has 0 amide bonds. The molecule has 0 fully saturated rings. The number of pyridine rings is 1. The Hall–Kier alpha value is -0.310. The van der Waals surface area contributed by atoms with E-state index >= 15 is 0 Å². The molecule has 0 saturated carbocycles. The van der Waals surface area contributed by atoms with Crippen LogP contribution in [0.2, 0.25) is 10.0 Å². The number of halogens is 3. The summed E-state index contributed by atoms with van der Waals surface area (Å²) in [5.74, 6) is 0. The zero-order valence-corrected chi connectivity index (χ0v) is 9.49. The molecule has 0 aliphatic heterocycles. The van der Waals surface area contributed by atoms with Gasteiger partial charge < -0.3 is 0 Å². The van der Waals surface area contributed by atoms with Gasteiger partial charge in [-0.05, 0) is 34.1 Å². The van der Waals surface area contributed by atoms with Gasteiger partial charge in [-0.25, -0.2) is 0 Å². The van der Waals surface area contributed by atoms with Crippen molar-refractivity contribution in [1.82, 2.24) is 4.98 Å². The molecule has 0 bridgehead atoms. The lowest BCUT2D eigenvalue weighted by Crippen LogP contribution is -1.80. The molecule has 0 saturated heterocycles. The Bertz CT molecular complexity index is 465. The lowest BCUT2D eigenvalue weighted by molar-refractivity contribution is 1.39. The van der Waals surface area contributed by atoms with Crippen molar-refractivity contribution in [3.8, 4) is 0 Å². The Morgan fingerprint density at radius 2 is 2.00 bits per heavy atom. The molecule has 4 heteroatoms. The molecule has 13 heavy (non-hydrogen) atoms. The van der Waals surface area contributed by atoms with Crippen LogP contribution in [0.3, 0.4) is 0 Å². The molecule has 66 valence electrons. The van der Waals surface area contributed by atoms with Crippen LogP contribution in [0.25, 0.3) is 10.9 Å². The first-order chi connectivity index (χ1) is 6.18. The fraction of sp³-hybridized carbons (Fsp3) is 0. The summed E-state index contributed by atoms with van der Waals surface area (Å²) in [5, 5.41) is 2.17. The number of fused-ring (bicyclic) bond motifs is 1. The van der Waals surface area contributed by atoms with Crippen molar-refractivity contribution in [2.45, 2.75) is 0 Å². The van der Waals surface area contributed by atoms with Crippen LogP contribution < -0.4 is 0 Å². The highest BCUT2D eigenvalue weighted by Gasteiger charge is 2.04. The summed E-state index contributed by atoms with van der Waals surface area (Å²) < 4.78 is 0.781. The Morgan fingerprint density at radius 1 is 1.23 bits per heavy atom. The number of benzene rings is 1. The molecular weight excluding hydrogens is 273 g/mol. The molecule has 1 heterocycles. The second-order valence-corrected chi connectivity index (χ2v) is 4.25. The van der Waals surface area contributed by atoms with Crippen molar-refractivity contribution < 1.29 is 0 Å². The highest BCUT2D eigenvalue weighted by molar-refractivity contribution is 9.10. The largest absolute Gasteiger partial charge is 0.255 e. The van der Waals surface area contributed by atoms with Crippen LogP contribution in [0.4, 0.5) is 0 Å². The maximum atomic E-state index is 6.05. The second kappa shape index (κ2) is 3.45. The van der Waals surface area contributed by atoms with Gasteiger partial charge in [-0.2, -0.15) is 0 Å². The Kier molecular flexibility index (Phi) is 2.45. The Morgan fingerprint density at radius 3 is 2.77 bits per heavy atom. The highest BCUT2D eigenvalue weighted by Crippen LogP contribution is 2.30. The summed E-state index contributed by atoms with van der Waals surface area (Å²) in [6.07, 6.45) is 1.68. The summed E-state index contributed by atoms with van der Waals surface area (Å²) in [5.41, 5.74) is 0.845. The summed E-state index contributed by atoms with van der Waals surface area (Å²) in [6.45, 7) is 0. The van der Waals surface area contributed by atoms with Gasteiger partial charge in [-0.3, -0.25) is 4.98 Å². The molecule has 1 nitrogen and oxygen atoms in total. The van der Waals surface area contributed by atoms with E-state index in [1.807, 2.05) is 6.07 Å². The van der Waals surface area contributed by atoms with Crippen LogP contribution in [-0.2, 0) is 0 Å². The van der Waals surface area contributed by atoms with Crippen LogP contribution in [0, 0.1) is 0 Å². The topological polar surface area (TPSA) is 12.9 Å². The van der Waals surface area contributed by atoms with Gasteiger partial charge in [-0.1, -0.05) is 23.2 Å². The molecule has 0 radical (unpaired) electrons. The third kappa shape index (κ3) is 1.66. The Labute approximate surface area is 93.8 Å². The molecule has 0 aliphatic rings. The van der Waals surface area contributed by atoms with E-state index in [1.165, 1.54) is 0 Å². The van der Waals surface area contributed by atoms with Crippen molar-refractivity contribution in [2.75, 3.05) is 0 Å². The van der Waals surface area contributed by atoms with E-state index in [-0.39, 0.29) is 0 Å². The predicted molar refractivity (Wildman–Crippen MR) is 59.5 cm³/mol. The summed E-state index contributed by atoms with van der Waals surface area (Å²) in [6, 6.07) is 5.44. The Balaban J connectivity index is 2.89. The number of hydrogen-bond donors (Lipinski definition) is 0. The van der Waals surface area contributed by atoms with Gasteiger partial charge in [0.1, 0.15) is 0 Å². The van der Waals surface area contributed by atoms with E-state index in [0.29, 0.717) is 10.0 Å². The van der Waals surface area contributed by atoms with Crippen LogP contribution >= 0.6 is 39.1 Å². The van der Waals surface area contributed by atoms with Crippen molar-refractivity contribution in [3.05, 3.63) is 38.9 Å².